The molecule has 0 bridgehead atoms. The molecule has 7 heteroatoms. The lowest BCUT2D eigenvalue weighted by molar-refractivity contribution is 0.0703. The molecule has 4 rings (SSSR count). The Morgan fingerprint density at radius 2 is 2.16 bits per heavy atom. The van der Waals surface area contributed by atoms with Crippen molar-refractivity contribution in [3.63, 3.8) is 0 Å². The molecule has 25 heavy (non-hydrogen) atoms. The SMILES string of the molecule is COc1ccc(C(=O)N2CCCC(c3nnc4ccccn34)C2)cn1. The van der Waals surface area contributed by atoms with Crippen LogP contribution in [0.25, 0.3) is 5.65 Å². The van der Waals surface area contributed by atoms with Crippen LogP contribution in [0.3, 0.4) is 0 Å². The van der Waals surface area contributed by atoms with Gasteiger partial charge in [-0.05, 0) is 31.0 Å². The minimum atomic E-state index is -0.00586. The molecule has 4 heterocycles. The van der Waals surface area contributed by atoms with E-state index in [1.807, 2.05) is 33.7 Å². The Bertz CT molecular complexity index is 890. The molecule has 3 aromatic heterocycles. The monoisotopic (exact) mass is 337 g/mol. The third-order valence-electron chi connectivity index (χ3n) is 4.61. The average molecular weight is 337 g/mol. The molecule has 1 unspecified atom stereocenters. The smallest absolute Gasteiger partial charge is 0.255 e. The summed E-state index contributed by atoms with van der Waals surface area (Å²) >= 11 is 0. The molecule has 3 aromatic rings. The van der Waals surface area contributed by atoms with E-state index in [1.54, 1.807) is 25.4 Å². The number of carbonyl (C=O) groups excluding carboxylic acids is 1. The summed E-state index contributed by atoms with van der Waals surface area (Å²) in [5.41, 5.74) is 1.41. The van der Waals surface area contributed by atoms with Crippen molar-refractivity contribution in [2.24, 2.45) is 0 Å². The maximum absolute atomic E-state index is 12.8. The molecule has 0 aromatic carbocycles. The summed E-state index contributed by atoms with van der Waals surface area (Å²) in [6.07, 6.45) is 5.48. The minimum Gasteiger partial charge on any atom is -0.481 e. The number of hydrogen-bond donors (Lipinski definition) is 0. The topological polar surface area (TPSA) is 72.6 Å². The number of carbonyl (C=O) groups is 1. The normalized spacial score (nSPS) is 17.6. The van der Waals surface area contributed by atoms with Crippen LogP contribution < -0.4 is 4.74 Å². The van der Waals surface area contributed by atoms with E-state index in [2.05, 4.69) is 15.2 Å². The maximum atomic E-state index is 12.8. The third kappa shape index (κ3) is 2.93. The highest BCUT2D eigenvalue weighted by Gasteiger charge is 2.28. The molecular weight excluding hydrogens is 318 g/mol. The van der Waals surface area contributed by atoms with Crippen LogP contribution in [-0.2, 0) is 0 Å². The Morgan fingerprint density at radius 1 is 1.24 bits per heavy atom. The van der Waals surface area contributed by atoms with Gasteiger partial charge < -0.3 is 9.64 Å². The molecular formula is C18H19N5O2. The Kier molecular flexibility index (Phi) is 4.05. The molecule has 1 atom stereocenters. The van der Waals surface area contributed by atoms with Gasteiger partial charge in [0.15, 0.2) is 5.65 Å². The number of fused-ring (bicyclic) bond motifs is 1. The lowest BCUT2D eigenvalue weighted by Crippen LogP contribution is -2.39. The molecule has 1 aliphatic rings. The van der Waals surface area contributed by atoms with Gasteiger partial charge in [-0.15, -0.1) is 10.2 Å². The lowest BCUT2D eigenvalue weighted by atomic mass is 9.96. The first-order valence-electron chi connectivity index (χ1n) is 8.35. The van der Waals surface area contributed by atoms with E-state index in [4.69, 9.17) is 4.74 Å². The van der Waals surface area contributed by atoms with E-state index < -0.39 is 0 Å². The Hall–Kier alpha value is -2.96. The van der Waals surface area contributed by atoms with Crippen LogP contribution in [0.4, 0.5) is 0 Å². The van der Waals surface area contributed by atoms with Crippen molar-refractivity contribution >= 4 is 11.6 Å². The number of likely N-dealkylation sites (tertiary alicyclic amines) is 1. The average Bonchev–Trinajstić information content (AvgIpc) is 3.12. The number of nitrogens with zero attached hydrogens (tertiary/aromatic N) is 5. The zero-order valence-corrected chi connectivity index (χ0v) is 14.0. The number of piperidine rings is 1. The van der Waals surface area contributed by atoms with Crippen LogP contribution in [0.2, 0.25) is 0 Å². The van der Waals surface area contributed by atoms with Gasteiger partial charge in [-0.1, -0.05) is 6.07 Å². The van der Waals surface area contributed by atoms with Gasteiger partial charge in [0, 0.05) is 37.5 Å². The first-order valence-corrected chi connectivity index (χ1v) is 8.35. The largest absolute Gasteiger partial charge is 0.481 e. The summed E-state index contributed by atoms with van der Waals surface area (Å²) in [4.78, 5) is 18.8. The summed E-state index contributed by atoms with van der Waals surface area (Å²) < 4.78 is 7.05. The van der Waals surface area contributed by atoms with Crippen molar-refractivity contribution < 1.29 is 9.53 Å². The standard InChI is InChI=1S/C18H19N5O2/c1-25-16-8-7-13(11-19-16)18(24)22-9-4-5-14(12-22)17-21-20-15-6-2-3-10-23(15)17/h2-3,6-8,10-11,14H,4-5,9,12H2,1H3. The van der Waals surface area contributed by atoms with Gasteiger partial charge in [0.05, 0.1) is 12.7 Å². The predicted molar refractivity (Wildman–Crippen MR) is 91.7 cm³/mol. The second-order valence-corrected chi connectivity index (χ2v) is 6.17. The molecule has 0 spiro atoms. The predicted octanol–water partition coefficient (Wildman–Crippen LogP) is 2.15. The van der Waals surface area contributed by atoms with Crippen molar-refractivity contribution in [2.45, 2.75) is 18.8 Å². The van der Waals surface area contributed by atoms with Crippen LogP contribution >= 0.6 is 0 Å². The molecule has 0 aliphatic carbocycles. The summed E-state index contributed by atoms with van der Waals surface area (Å²) in [5.74, 6) is 1.60. The van der Waals surface area contributed by atoms with Crippen LogP contribution in [0.5, 0.6) is 5.88 Å². The summed E-state index contributed by atoms with van der Waals surface area (Å²) in [6, 6.07) is 9.31. The fourth-order valence-corrected chi connectivity index (χ4v) is 3.32. The van der Waals surface area contributed by atoms with Crippen molar-refractivity contribution in [3.05, 3.63) is 54.1 Å². The Balaban J connectivity index is 1.55. The first kappa shape index (κ1) is 15.6. The maximum Gasteiger partial charge on any atom is 0.255 e. The van der Waals surface area contributed by atoms with Gasteiger partial charge in [-0.2, -0.15) is 0 Å². The van der Waals surface area contributed by atoms with E-state index in [0.29, 0.717) is 18.0 Å². The van der Waals surface area contributed by atoms with Gasteiger partial charge in [0.2, 0.25) is 5.88 Å². The highest BCUT2D eigenvalue weighted by molar-refractivity contribution is 5.94. The highest BCUT2D eigenvalue weighted by atomic mass is 16.5. The second kappa shape index (κ2) is 6.51. The number of aromatic nitrogens is 4. The summed E-state index contributed by atoms with van der Waals surface area (Å²) in [6.45, 7) is 1.39. The van der Waals surface area contributed by atoms with Crippen LogP contribution in [0.1, 0.15) is 34.9 Å². The van der Waals surface area contributed by atoms with Gasteiger partial charge in [0.1, 0.15) is 5.82 Å². The van der Waals surface area contributed by atoms with Crippen molar-refractivity contribution in [1.82, 2.24) is 24.5 Å². The summed E-state index contributed by atoms with van der Waals surface area (Å²) in [5, 5.41) is 8.58. The molecule has 1 amide bonds. The highest BCUT2D eigenvalue weighted by Crippen LogP contribution is 2.27. The van der Waals surface area contributed by atoms with E-state index in [1.165, 1.54) is 0 Å². The first-order chi connectivity index (χ1) is 12.3. The molecule has 7 nitrogen and oxygen atoms in total. The van der Waals surface area contributed by atoms with Crippen molar-refractivity contribution in [1.29, 1.82) is 0 Å². The van der Waals surface area contributed by atoms with Crippen LogP contribution in [-0.4, -0.2) is 50.6 Å². The molecule has 0 saturated carbocycles. The summed E-state index contributed by atoms with van der Waals surface area (Å²) in [7, 11) is 1.56. The zero-order valence-electron chi connectivity index (χ0n) is 14.0. The number of methoxy groups -OCH3 is 1. The van der Waals surface area contributed by atoms with Crippen molar-refractivity contribution in [3.8, 4) is 5.88 Å². The fraction of sp³-hybridized carbons (Fsp3) is 0.333. The Labute approximate surface area is 145 Å². The third-order valence-corrected chi connectivity index (χ3v) is 4.61. The molecule has 128 valence electrons. The van der Waals surface area contributed by atoms with E-state index in [0.717, 1.165) is 30.9 Å². The number of rotatable bonds is 3. The van der Waals surface area contributed by atoms with Gasteiger partial charge in [0.25, 0.3) is 5.91 Å². The molecule has 0 radical (unpaired) electrons. The quantitative estimate of drug-likeness (QED) is 0.732. The van der Waals surface area contributed by atoms with Gasteiger partial charge in [-0.25, -0.2) is 4.98 Å². The number of amides is 1. The zero-order chi connectivity index (χ0) is 17.2. The van der Waals surface area contributed by atoms with E-state index in [9.17, 15) is 4.79 Å². The molecule has 0 N–H and O–H groups in total. The Morgan fingerprint density at radius 3 is 2.96 bits per heavy atom. The minimum absolute atomic E-state index is 0.00586. The van der Waals surface area contributed by atoms with Crippen LogP contribution in [0, 0.1) is 0 Å². The fourth-order valence-electron chi connectivity index (χ4n) is 3.32. The van der Waals surface area contributed by atoms with E-state index >= 15 is 0 Å². The second-order valence-electron chi connectivity index (χ2n) is 6.17. The molecule has 1 saturated heterocycles. The lowest BCUT2D eigenvalue weighted by Gasteiger charge is -2.32. The van der Waals surface area contributed by atoms with Gasteiger partial charge >= 0.3 is 0 Å². The molecule has 1 aliphatic heterocycles. The van der Waals surface area contributed by atoms with E-state index in [-0.39, 0.29) is 11.8 Å². The van der Waals surface area contributed by atoms with Crippen molar-refractivity contribution in [2.75, 3.05) is 20.2 Å². The molecule has 1 fully saturated rings. The number of pyridine rings is 2. The van der Waals surface area contributed by atoms with Crippen LogP contribution in [0.15, 0.2) is 42.7 Å². The number of hydrogen-bond acceptors (Lipinski definition) is 5. The number of ether oxygens (including phenoxy) is 1. The van der Waals surface area contributed by atoms with Gasteiger partial charge in [-0.3, -0.25) is 9.20 Å².